The van der Waals surface area contributed by atoms with Gasteiger partial charge in [0, 0.05) is 11.1 Å². The van der Waals surface area contributed by atoms with Crippen LogP contribution in [0.25, 0.3) is 0 Å². The van der Waals surface area contributed by atoms with Gasteiger partial charge in [0.25, 0.3) is 0 Å². The maximum atomic E-state index is 14.3. The quantitative estimate of drug-likeness (QED) is 0.427. The molecule has 1 aliphatic rings. The highest BCUT2D eigenvalue weighted by Gasteiger charge is 2.49. The van der Waals surface area contributed by atoms with E-state index in [4.69, 9.17) is 0 Å². The molecule has 132 valence electrons. The van der Waals surface area contributed by atoms with Gasteiger partial charge < -0.3 is 4.90 Å². The summed E-state index contributed by atoms with van der Waals surface area (Å²) in [5, 5.41) is 0. The van der Waals surface area contributed by atoms with Crippen LogP contribution in [0.2, 0.25) is 0 Å². The second-order valence-electron chi connectivity index (χ2n) is 6.60. The molecule has 1 unspecified atom stereocenters. The molecule has 2 nitrogen and oxygen atoms in total. The van der Waals surface area contributed by atoms with Crippen LogP contribution < -0.4 is 4.90 Å². The molecule has 1 aliphatic heterocycles. The summed E-state index contributed by atoms with van der Waals surface area (Å²) >= 11 is 0. The van der Waals surface area contributed by atoms with Gasteiger partial charge in [0.2, 0.25) is 11.7 Å². The number of carbonyl (C=O) groups is 1. The van der Waals surface area contributed by atoms with Gasteiger partial charge in [-0.3, -0.25) is 4.79 Å². The molecular formula is C18H14F5NO. The number of halogens is 5. The van der Waals surface area contributed by atoms with Crippen molar-refractivity contribution in [3.05, 3.63) is 65.0 Å². The number of rotatable bonds is 2. The van der Waals surface area contributed by atoms with Crippen molar-refractivity contribution in [1.29, 1.82) is 0 Å². The van der Waals surface area contributed by atoms with Crippen molar-refractivity contribution in [3.8, 4) is 0 Å². The number of amides is 1. The molecule has 0 spiro atoms. The van der Waals surface area contributed by atoms with Gasteiger partial charge in [-0.15, -0.1) is 0 Å². The first-order chi connectivity index (χ1) is 11.7. The van der Waals surface area contributed by atoms with Crippen LogP contribution >= 0.6 is 0 Å². The molecule has 0 saturated carbocycles. The van der Waals surface area contributed by atoms with E-state index in [-0.39, 0.29) is 6.42 Å². The number of hydrogen-bond acceptors (Lipinski definition) is 1. The van der Waals surface area contributed by atoms with E-state index in [0.29, 0.717) is 5.69 Å². The smallest absolute Gasteiger partial charge is 0.233 e. The van der Waals surface area contributed by atoms with Crippen LogP contribution in [-0.4, -0.2) is 5.91 Å². The molecule has 1 amide bonds. The molecule has 2 aromatic carbocycles. The maximum absolute atomic E-state index is 14.3. The lowest BCUT2D eigenvalue weighted by Gasteiger charge is -2.26. The van der Waals surface area contributed by atoms with Crippen LogP contribution in [-0.2, 0) is 4.79 Å². The van der Waals surface area contributed by atoms with Gasteiger partial charge >= 0.3 is 0 Å². The standard InChI is InChI=1S/C18H14F5NO/c1-18(2)8-10(24(17(18)25)9-6-4-3-5-7-9)11-12(19)14(21)16(23)15(22)13(11)20/h3-7,10H,8H2,1-2H3. The van der Waals surface area contributed by atoms with E-state index in [2.05, 4.69) is 0 Å². The Hall–Kier alpha value is -2.44. The summed E-state index contributed by atoms with van der Waals surface area (Å²) in [4.78, 5) is 13.8. The van der Waals surface area contributed by atoms with Crippen molar-refractivity contribution in [2.45, 2.75) is 26.3 Å². The van der Waals surface area contributed by atoms with E-state index in [1.165, 1.54) is 0 Å². The predicted octanol–water partition coefficient (Wildman–Crippen LogP) is 4.89. The second kappa shape index (κ2) is 5.82. The van der Waals surface area contributed by atoms with Crippen molar-refractivity contribution >= 4 is 11.6 Å². The average molecular weight is 355 g/mol. The molecule has 0 aromatic heterocycles. The zero-order valence-electron chi connectivity index (χ0n) is 13.4. The molecule has 7 heteroatoms. The van der Waals surface area contributed by atoms with E-state index in [9.17, 15) is 26.7 Å². The molecule has 0 aliphatic carbocycles. The largest absolute Gasteiger partial charge is 0.304 e. The summed E-state index contributed by atoms with van der Waals surface area (Å²) in [5.41, 5.74) is -1.67. The number of hydrogen-bond donors (Lipinski definition) is 0. The fraction of sp³-hybridized carbons (Fsp3) is 0.278. The van der Waals surface area contributed by atoms with Crippen molar-refractivity contribution < 1.29 is 26.7 Å². The monoisotopic (exact) mass is 355 g/mol. The molecule has 1 fully saturated rings. The van der Waals surface area contributed by atoms with Gasteiger partial charge in [-0.2, -0.15) is 0 Å². The Labute approximate surface area is 140 Å². The van der Waals surface area contributed by atoms with Crippen molar-refractivity contribution in [2.75, 3.05) is 4.90 Å². The molecule has 25 heavy (non-hydrogen) atoms. The third kappa shape index (κ3) is 2.58. The first-order valence-electron chi connectivity index (χ1n) is 7.57. The topological polar surface area (TPSA) is 20.3 Å². The highest BCUT2D eigenvalue weighted by atomic mass is 19.2. The normalized spacial score (nSPS) is 19.6. The minimum Gasteiger partial charge on any atom is -0.304 e. The second-order valence-corrected chi connectivity index (χ2v) is 6.60. The summed E-state index contributed by atoms with van der Waals surface area (Å²) < 4.78 is 69.1. The lowest BCUT2D eigenvalue weighted by molar-refractivity contribution is -0.124. The molecule has 1 heterocycles. The van der Waals surface area contributed by atoms with Gasteiger partial charge in [0.15, 0.2) is 23.3 Å². The van der Waals surface area contributed by atoms with E-state index < -0.39 is 52.0 Å². The molecular weight excluding hydrogens is 341 g/mol. The van der Waals surface area contributed by atoms with Crippen molar-refractivity contribution in [1.82, 2.24) is 0 Å². The fourth-order valence-electron chi connectivity index (χ4n) is 3.16. The average Bonchev–Trinajstić information content (AvgIpc) is 2.82. The third-order valence-corrected chi connectivity index (χ3v) is 4.42. The zero-order valence-corrected chi connectivity index (χ0v) is 13.4. The van der Waals surface area contributed by atoms with Crippen molar-refractivity contribution in [3.63, 3.8) is 0 Å². The fourth-order valence-corrected chi connectivity index (χ4v) is 3.16. The number of benzene rings is 2. The number of carbonyl (C=O) groups excluding carboxylic acids is 1. The molecule has 2 aromatic rings. The Morgan fingerprint density at radius 1 is 0.880 bits per heavy atom. The van der Waals surface area contributed by atoms with Gasteiger partial charge in [-0.05, 0) is 18.6 Å². The van der Waals surface area contributed by atoms with Crippen LogP contribution in [0, 0.1) is 34.5 Å². The first kappa shape index (κ1) is 17.4. The highest BCUT2D eigenvalue weighted by molar-refractivity contribution is 6.00. The van der Waals surface area contributed by atoms with Gasteiger partial charge in [-0.25, -0.2) is 22.0 Å². The number of nitrogens with zero attached hydrogens (tertiary/aromatic N) is 1. The molecule has 3 rings (SSSR count). The lowest BCUT2D eigenvalue weighted by Crippen LogP contribution is -2.33. The SMILES string of the molecule is CC1(C)CC(c2c(F)c(F)c(F)c(F)c2F)N(c2ccccc2)C1=O. The third-order valence-electron chi connectivity index (χ3n) is 4.42. The van der Waals surface area contributed by atoms with Crippen LogP contribution in [0.1, 0.15) is 31.9 Å². The summed E-state index contributed by atoms with van der Waals surface area (Å²) in [5.74, 6) is -10.5. The molecule has 1 atom stereocenters. The molecule has 1 saturated heterocycles. The Kier molecular flexibility index (Phi) is 4.05. The Balaban J connectivity index is 2.24. The number of para-hydroxylation sites is 1. The number of anilines is 1. The Morgan fingerprint density at radius 2 is 1.36 bits per heavy atom. The van der Waals surface area contributed by atoms with Gasteiger partial charge in [0.1, 0.15) is 0 Å². The molecule has 0 radical (unpaired) electrons. The van der Waals surface area contributed by atoms with Crippen LogP contribution in [0.15, 0.2) is 30.3 Å². The van der Waals surface area contributed by atoms with E-state index in [1.807, 2.05) is 0 Å². The van der Waals surface area contributed by atoms with E-state index in [1.54, 1.807) is 44.2 Å². The maximum Gasteiger partial charge on any atom is 0.233 e. The summed E-state index contributed by atoms with van der Waals surface area (Å²) in [6, 6.07) is 6.70. The molecule has 0 bridgehead atoms. The Morgan fingerprint density at radius 3 is 1.88 bits per heavy atom. The van der Waals surface area contributed by atoms with E-state index in [0.717, 1.165) is 4.90 Å². The summed E-state index contributed by atoms with van der Waals surface area (Å²) in [7, 11) is 0. The minimum atomic E-state index is -2.21. The van der Waals surface area contributed by atoms with E-state index >= 15 is 0 Å². The highest BCUT2D eigenvalue weighted by Crippen LogP contribution is 2.47. The van der Waals surface area contributed by atoms with Crippen molar-refractivity contribution in [2.24, 2.45) is 5.41 Å². The van der Waals surface area contributed by atoms with Gasteiger partial charge in [0.05, 0.1) is 11.6 Å². The Bertz CT molecular complexity index is 821. The van der Waals surface area contributed by atoms with Crippen LogP contribution in [0.3, 0.4) is 0 Å². The van der Waals surface area contributed by atoms with Gasteiger partial charge in [-0.1, -0.05) is 32.0 Å². The lowest BCUT2D eigenvalue weighted by atomic mass is 9.87. The van der Waals surface area contributed by atoms with Crippen LogP contribution in [0.4, 0.5) is 27.6 Å². The summed E-state index contributed by atoms with van der Waals surface area (Å²) in [6.07, 6.45) is -0.0842. The minimum absolute atomic E-state index is 0.0842. The predicted molar refractivity (Wildman–Crippen MR) is 81.3 cm³/mol. The molecule has 0 N–H and O–H groups in total. The summed E-state index contributed by atoms with van der Waals surface area (Å²) in [6.45, 7) is 3.13. The van der Waals surface area contributed by atoms with Crippen LogP contribution in [0.5, 0.6) is 0 Å². The first-order valence-corrected chi connectivity index (χ1v) is 7.57. The zero-order chi connectivity index (χ0) is 18.5.